The van der Waals surface area contributed by atoms with Crippen molar-refractivity contribution in [2.75, 3.05) is 5.32 Å². The second-order valence-corrected chi connectivity index (χ2v) is 4.67. The van der Waals surface area contributed by atoms with Crippen molar-refractivity contribution in [3.63, 3.8) is 0 Å². The normalized spacial score (nSPS) is 10.3. The first-order chi connectivity index (χ1) is 10.2. The Balaban J connectivity index is 1.74. The summed E-state index contributed by atoms with van der Waals surface area (Å²) >= 11 is 0. The van der Waals surface area contributed by atoms with Gasteiger partial charge in [0.1, 0.15) is 5.69 Å². The van der Waals surface area contributed by atoms with Crippen LogP contribution in [0.1, 0.15) is 10.4 Å². The van der Waals surface area contributed by atoms with E-state index in [-0.39, 0.29) is 5.91 Å². The van der Waals surface area contributed by atoms with Crippen molar-refractivity contribution in [1.29, 1.82) is 0 Å². The number of hydrogen-bond acceptors (Lipinski definition) is 3. The molecule has 0 saturated carbocycles. The molecule has 0 unspecified atom stereocenters. The lowest BCUT2D eigenvalue weighted by Gasteiger charge is -2.05. The van der Waals surface area contributed by atoms with E-state index >= 15 is 0 Å². The van der Waals surface area contributed by atoms with Crippen LogP contribution < -0.4 is 5.32 Å². The van der Waals surface area contributed by atoms with Gasteiger partial charge in [0.2, 0.25) is 0 Å². The molecule has 0 bridgehead atoms. The maximum absolute atomic E-state index is 12.0. The van der Waals surface area contributed by atoms with Crippen LogP contribution in [-0.4, -0.2) is 20.9 Å². The number of nitrogens with one attached hydrogen (secondary N) is 1. The van der Waals surface area contributed by atoms with Crippen LogP contribution in [-0.2, 0) is 7.05 Å². The lowest BCUT2D eigenvalue weighted by Crippen LogP contribution is -2.11. The number of carbonyl (C=O) groups excluding carboxylic acids is 1. The van der Waals surface area contributed by atoms with Gasteiger partial charge in [0, 0.05) is 23.9 Å². The Labute approximate surface area is 122 Å². The molecule has 104 valence electrons. The van der Waals surface area contributed by atoms with Crippen molar-refractivity contribution < 1.29 is 4.79 Å². The summed E-state index contributed by atoms with van der Waals surface area (Å²) < 4.78 is 1.65. The quantitative estimate of drug-likeness (QED) is 0.801. The van der Waals surface area contributed by atoms with Gasteiger partial charge in [-0.15, -0.1) is 5.10 Å². The lowest BCUT2D eigenvalue weighted by atomic mass is 10.1. The molecular weight excluding hydrogens is 264 g/mol. The molecule has 0 spiro atoms. The number of aryl methyl sites for hydroxylation is 1. The summed E-state index contributed by atoms with van der Waals surface area (Å²) in [6.45, 7) is 0. The van der Waals surface area contributed by atoms with Crippen molar-refractivity contribution in [3.8, 4) is 11.3 Å². The fourth-order valence-electron chi connectivity index (χ4n) is 2.00. The minimum absolute atomic E-state index is 0.122. The molecule has 3 rings (SSSR count). The lowest BCUT2D eigenvalue weighted by molar-refractivity contribution is 0.102. The van der Waals surface area contributed by atoms with Crippen LogP contribution in [0, 0.1) is 0 Å². The van der Waals surface area contributed by atoms with Gasteiger partial charge in [0.15, 0.2) is 0 Å². The molecule has 1 aromatic heterocycles. The maximum atomic E-state index is 12.0. The van der Waals surface area contributed by atoms with Crippen LogP contribution >= 0.6 is 0 Å². The summed E-state index contributed by atoms with van der Waals surface area (Å²) in [5.74, 6) is -0.122. The molecule has 5 heteroatoms. The molecule has 0 aliphatic heterocycles. The molecule has 1 heterocycles. The third kappa shape index (κ3) is 2.97. The van der Waals surface area contributed by atoms with E-state index in [1.165, 1.54) is 0 Å². The van der Waals surface area contributed by atoms with Gasteiger partial charge in [0.25, 0.3) is 5.91 Å². The standard InChI is InChI=1S/C16H14N4O/c1-20-11-15(18-19-20)12-7-9-14(10-8-12)17-16(21)13-5-3-2-4-6-13/h2-11H,1H3,(H,17,21). The van der Waals surface area contributed by atoms with Crippen LogP contribution in [0.5, 0.6) is 0 Å². The highest BCUT2D eigenvalue weighted by molar-refractivity contribution is 6.04. The third-order valence-corrected chi connectivity index (χ3v) is 3.08. The van der Waals surface area contributed by atoms with Gasteiger partial charge in [-0.25, -0.2) is 0 Å². The van der Waals surface area contributed by atoms with Crippen LogP contribution in [0.4, 0.5) is 5.69 Å². The van der Waals surface area contributed by atoms with Gasteiger partial charge in [0.05, 0.1) is 6.20 Å². The summed E-state index contributed by atoms with van der Waals surface area (Å²) in [5.41, 5.74) is 3.14. The summed E-state index contributed by atoms with van der Waals surface area (Å²) in [6.07, 6.45) is 1.84. The van der Waals surface area contributed by atoms with Crippen LogP contribution in [0.15, 0.2) is 60.8 Å². The van der Waals surface area contributed by atoms with E-state index in [0.717, 1.165) is 16.9 Å². The largest absolute Gasteiger partial charge is 0.322 e. The Hall–Kier alpha value is -2.95. The molecule has 2 aromatic carbocycles. The zero-order valence-corrected chi connectivity index (χ0v) is 11.5. The van der Waals surface area contributed by atoms with E-state index in [4.69, 9.17) is 0 Å². The smallest absolute Gasteiger partial charge is 0.255 e. The highest BCUT2D eigenvalue weighted by Crippen LogP contribution is 2.19. The number of carbonyl (C=O) groups is 1. The summed E-state index contributed by atoms with van der Waals surface area (Å²) in [6, 6.07) is 16.6. The fraction of sp³-hybridized carbons (Fsp3) is 0.0625. The summed E-state index contributed by atoms with van der Waals surface area (Å²) in [4.78, 5) is 12.0. The number of amides is 1. The summed E-state index contributed by atoms with van der Waals surface area (Å²) in [5, 5.41) is 10.8. The molecule has 0 aliphatic carbocycles. The number of nitrogens with zero attached hydrogens (tertiary/aromatic N) is 3. The van der Waals surface area contributed by atoms with Gasteiger partial charge >= 0.3 is 0 Å². The zero-order valence-electron chi connectivity index (χ0n) is 11.5. The van der Waals surface area contributed by atoms with Gasteiger partial charge in [-0.2, -0.15) is 0 Å². The van der Waals surface area contributed by atoms with E-state index < -0.39 is 0 Å². The highest BCUT2D eigenvalue weighted by Gasteiger charge is 2.06. The first-order valence-electron chi connectivity index (χ1n) is 6.55. The van der Waals surface area contributed by atoms with Crippen LogP contribution in [0.2, 0.25) is 0 Å². The SMILES string of the molecule is Cn1cc(-c2ccc(NC(=O)c3ccccc3)cc2)nn1. The third-order valence-electron chi connectivity index (χ3n) is 3.08. The zero-order chi connectivity index (χ0) is 14.7. The first kappa shape index (κ1) is 13.1. The average molecular weight is 278 g/mol. The van der Waals surface area contributed by atoms with Gasteiger partial charge in [-0.1, -0.05) is 35.5 Å². The van der Waals surface area contributed by atoms with E-state index in [2.05, 4.69) is 15.6 Å². The molecule has 3 aromatic rings. The van der Waals surface area contributed by atoms with Crippen LogP contribution in [0.3, 0.4) is 0 Å². The Morgan fingerprint density at radius 3 is 2.38 bits per heavy atom. The monoisotopic (exact) mass is 278 g/mol. The molecule has 5 nitrogen and oxygen atoms in total. The Morgan fingerprint density at radius 1 is 1.05 bits per heavy atom. The molecule has 1 N–H and O–H groups in total. The minimum atomic E-state index is -0.122. The fourth-order valence-corrected chi connectivity index (χ4v) is 2.00. The molecule has 0 aliphatic rings. The van der Waals surface area contributed by atoms with Gasteiger partial charge in [-0.05, 0) is 24.3 Å². The Morgan fingerprint density at radius 2 is 1.76 bits per heavy atom. The predicted molar refractivity (Wildman–Crippen MR) is 80.8 cm³/mol. The van der Waals surface area contributed by atoms with Crippen molar-refractivity contribution in [2.24, 2.45) is 7.05 Å². The van der Waals surface area contributed by atoms with Crippen molar-refractivity contribution in [3.05, 3.63) is 66.4 Å². The second-order valence-electron chi connectivity index (χ2n) is 4.67. The average Bonchev–Trinajstić information content (AvgIpc) is 2.95. The Kier molecular flexibility index (Phi) is 3.47. The molecule has 21 heavy (non-hydrogen) atoms. The Bertz CT molecular complexity index is 747. The molecule has 0 fully saturated rings. The van der Waals surface area contributed by atoms with E-state index in [1.807, 2.05) is 55.7 Å². The molecular formula is C16H14N4O. The van der Waals surface area contributed by atoms with Gasteiger partial charge in [-0.3, -0.25) is 9.48 Å². The molecule has 0 radical (unpaired) electrons. The topological polar surface area (TPSA) is 59.8 Å². The number of benzene rings is 2. The summed E-state index contributed by atoms with van der Waals surface area (Å²) in [7, 11) is 1.82. The van der Waals surface area contributed by atoms with Crippen molar-refractivity contribution in [2.45, 2.75) is 0 Å². The predicted octanol–water partition coefficient (Wildman–Crippen LogP) is 2.73. The van der Waals surface area contributed by atoms with Crippen LogP contribution in [0.25, 0.3) is 11.3 Å². The first-order valence-corrected chi connectivity index (χ1v) is 6.55. The molecule has 0 saturated heterocycles. The maximum Gasteiger partial charge on any atom is 0.255 e. The van der Waals surface area contributed by atoms with E-state index in [1.54, 1.807) is 16.8 Å². The second kappa shape index (κ2) is 5.58. The number of rotatable bonds is 3. The number of aromatic nitrogens is 3. The number of hydrogen-bond donors (Lipinski definition) is 1. The molecule has 1 amide bonds. The van der Waals surface area contributed by atoms with Crippen molar-refractivity contribution >= 4 is 11.6 Å². The molecule has 0 atom stereocenters. The van der Waals surface area contributed by atoms with E-state index in [9.17, 15) is 4.79 Å². The van der Waals surface area contributed by atoms with E-state index in [0.29, 0.717) is 5.56 Å². The highest BCUT2D eigenvalue weighted by atomic mass is 16.1. The minimum Gasteiger partial charge on any atom is -0.322 e. The van der Waals surface area contributed by atoms with Crippen molar-refractivity contribution in [1.82, 2.24) is 15.0 Å². The van der Waals surface area contributed by atoms with Gasteiger partial charge < -0.3 is 5.32 Å². The number of anilines is 1.